The van der Waals surface area contributed by atoms with Crippen LogP contribution in [0.3, 0.4) is 0 Å². The number of hydrogen-bond acceptors (Lipinski definition) is 1. The van der Waals surface area contributed by atoms with E-state index in [0.717, 1.165) is 5.25 Å². The molecule has 1 heterocycles. The Kier molecular flexibility index (Phi) is 12.2. The number of thioether (sulfide) groups is 1. The van der Waals surface area contributed by atoms with E-state index in [1.807, 2.05) is 0 Å². The highest BCUT2D eigenvalue weighted by Gasteiger charge is 2.16. The van der Waals surface area contributed by atoms with E-state index in [-0.39, 0.29) is 0 Å². The summed E-state index contributed by atoms with van der Waals surface area (Å²) in [4.78, 5) is 0. The van der Waals surface area contributed by atoms with Crippen LogP contribution in [0.1, 0.15) is 103 Å². The number of rotatable bonds is 14. The van der Waals surface area contributed by atoms with Gasteiger partial charge in [-0.2, -0.15) is 11.8 Å². The smallest absolute Gasteiger partial charge is 0.00549 e. The Labute approximate surface area is 126 Å². The summed E-state index contributed by atoms with van der Waals surface area (Å²) in [6.07, 6.45) is 22.2. The Hall–Kier alpha value is 0.350. The summed E-state index contributed by atoms with van der Waals surface area (Å²) in [5.74, 6) is 1.43. The molecule has 0 spiro atoms. The quantitative estimate of drug-likeness (QED) is 0.310. The van der Waals surface area contributed by atoms with Crippen molar-refractivity contribution in [3.8, 4) is 0 Å². The monoisotopic (exact) mass is 284 g/mol. The van der Waals surface area contributed by atoms with E-state index in [4.69, 9.17) is 0 Å². The fraction of sp³-hybridized carbons (Fsp3) is 1.00. The minimum Gasteiger partial charge on any atom is -0.159 e. The zero-order valence-corrected chi connectivity index (χ0v) is 14.1. The van der Waals surface area contributed by atoms with Gasteiger partial charge in [0, 0.05) is 5.25 Å². The molecule has 0 bridgehead atoms. The molecule has 1 heteroatoms. The lowest BCUT2D eigenvalue weighted by Crippen LogP contribution is -2.14. The van der Waals surface area contributed by atoms with Crippen molar-refractivity contribution < 1.29 is 0 Å². The van der Waals surface area contributed by atoms with Gasteiger partial charge in [-0.25, -0.2) is 0 Å². The average Bonchev–Trinajstić information content (AvgIpc) is 2.37. The molecule has 0 amide bonds. The van der Waals surface area contributed by atoms with E-state index >= 15 is 0 Å². The van der Waals surface area contributed by atoms with Crippen LogP contribution in [-0.4, -0.2) is 11.0 Å². The van der Waals surface area contributed by atoms with Gasteiger partial charge in [0.15, 0.2) is 0 Å². The third kappa shape index (κ3) is 10.8. The SMILES string of the molecule is CCCCCCCCCCCCCCCC1CCS1. The third-order valence-corrected chi connectivity index (χ3v) is 5.84. The first-order chi connectivity index (χ1) is 9.43. The summed E-state index contributed by atoms with van der Waals surface area (Å²) in [5.41, 5.74) is 0. The van der Waals surface area contributed by atoms with Crippen molar-refractivity contribution in [2.45, 2.75) is 108 Å². The van der Waals surface area contributed by atoms with Crippen LogP contribution in [-0.2, 0) is 0 Å². The highest BCUT2D eigenvalue weighted by molar-refractivity contribution is 8.01. The highest BCUT2D eigenvalue weighted by atomic mass is 32.2. The van der Waals surface area contributed by atoms with Crippen LogP contribution >= 0.6 is 11.8 Å². The van der Waals surface area contributed by atoms with Gasteiger partial charge in [-0.1, -0.05) is 90.4 Å². The van der Waals surface area contributed by atoms with E-state index in [9.17, 15) is 0 Å². The standard InChI is InChI=1S/C18H36S/c1-2-3-4-5-6-7-8-9-10-11-12-13-14-15-18-16-17-19-18/h18H,2-17H2,1H3. The van der Waals surface area contributed by atoms with Crippen molar-refractivity contribution in [1.29, 1.82) is 0 Å². The van der Waals surface area contributed by atoms with E-state index in [0.29, 0.717) is 0 Å². The summed E-state index contributed by atoms with van der Waals surface area (Å²) in [5, 5.41) is 1.05. The first-order valence-electron chi connectivity index (χ1n) is 9.05. The van der Waals surface area contributed by atoms with E-state index < -0.39 is 0 Å². The maximum absolute atomic E-state index is 2.30. The van der Waals surface area contributed by atoms with Crippen LogP contribution in [0.4, 0.5) is 0 Å². The lowest BCUT2D eigenvalue weighted by atomic mass is 10.0. The second-order valence-corrected chi connectivity index (χ2v) is 7.72. The maximum Gasteiger partial charge on any atom is 0.00549 e. The third-order valence-electron chi connectivity index (χ3n) is 4.42. The van der Waals surface area contributed by atoms with Crippen LogP contribution in [0.25, 0.3) is 0 Å². The Morgan fingerprint density at radius 2 is 1.11 bits per heavy atom. The summed E-state index contributed by atoms with van der Waals surface area (Å²) >= 11 is 2.19. The molecule has 0 N–H and O–H groups in total. The molecular formula is C18H36S. The Balaban J connectivity index is 1.62. The van der Waals surface area contributed by atoms with Crippen LogP contribution in [0.5, 0.6) is 0 Å². The van der Waals surface area contributed by atoms with E-state index in [1.165, 1.54) is 102 Å². The minimum absolute atomic E-state index is 1.05. The van der Waals surface area contributed by atoms with E-state index in [2.05, 4.69) is 18.7 Å². The van der Waals surface area contributed by atoms with Crippen LogP contribution in [0.15, 0.2) is 0 Å². The largest absolute Gasteiger partial charge is 0.159 e. The molecule has 1 rings (SSSR count). The van der Waals surface area contributed by atoms with Gasteiger partial charge in [-0.15, -0.1) is 0 Å². The van der Waals surface area contributed by atoms with E-state index in [1.54, 1.807) is 0 Å². The van der Waals surface area contributed by atoms with Crippen LogP contribution in [0.2, 0.25) is 0 Å². The molecule has 1 aliphatic rings. The van der Waals surface area contributed by atoms with Crippen molar-refractivity contribution in [1.82, 2.24) is 0 Å². The maximum atomic E-state index is 2.30. The normalized spacial score (nSPS) is 18.5. The molecule has 0 saturated carbocycles. The fourth-order valence-corrected chi connectivity index (χ4v) is 3.80. The molecule has 0 radical (unpaired) electrons. The minimum atomic E-state index is 1.05. The molecule has 0 nitrogen and oxygen atoms in total. The first kappa shape index (κ1) is 17.4. The van der Waals surface area contributed by atoms with Gasteiger partial charge in [0.2, 0.25) is 0 Å². The van der Waals surface area contributed by atoms with Crippen molar-refractivity contribution in [2.75, 3.05) is 5.75 Å². The highest BCUT2D eigenvalue weighted by Crippen LogP contribution is 2.31. The second kappa shape index (κ2) is 13.3. The molecule has 19 heavy (non-hydrogen) atoms. The molecule has 0 aliphatic carbocycles. The molecule has 1 unspecified atom stereocenters. The molecule has 1 atom stereocenters. The molecule has 0 aromatic heterocycles. The molecule has 1 fully saturated rings. The molecule has 0 aromatic carbocycles. The zero-order chi connectivity index (χ0) is 13.6. The fourth-order valence-electron chi connectivity index (χ4n) is 2.90. The van der Waals surface area contributed by atoms with Crippen LogP contribution < -0.4 is 0 Å². The topological polar surface area (TPSA) is 0 Å². The lowest BCUT2D eigenvalue weighted by molar-refractivity contribution is 0.531. The van der Waals surface area contributed by atoms with Crippen molar-refractivity contribution in [3.05, 3.63) is 0 Å². The van der Waals surface area contributed by atoms with Gasteiger partial charge < -0.3 is 0 Å². The van der Waals surface area contributed by atoms with Crippen molar-refractivity contribution in [3.63, 3.8) is 0 Å². The summed E-state index contributed by atoms with van der Waals surface area (Å²) < 4.78 is 0. The van der Waals surface area contributed by atoms with Crippen molar-refractivity contribution >= 4 is 11.8 Å². The Bertz CT molecular complexity index is 175. The zero-order valence-electron chi connectivity index (χ0n) is 13.3. The van der Waals surface area contributed by atoms with Crippen LogP contribution in [0, 0.1) is 0 Å². The molecule has 0 aromatic rings. The summed E-state index contributed by atoms with van der Waals surface area (Å²) in [6, 6.07) is 0. The van der Waals surface area contributed by atoms with Gasteiger partial charge in [-0.05, 0) is 18.6 Å². The van der Waals surface area contributed by atoms with Gasteiger partial charge in [0.05, 0.1) is 0 Å². The Morgan fingerprint density at radius 1 is 0.684 bits per heavy atom. The second-order valence-electron chi connectivity index (χ2n) is 6.31. The first-order valence-corrected chi connectivity index (χ1v) is 10.1. The van der Waals surface area contributed by atoms with Gasteiger partial charge in [0.1, 0.15) is 0 Å². The lowest BCUT2D eigenvalue weighted by Gasteiger charge is -2.24. The molecular weight excluding hydrogens is 248 g/mol. The Morgan fingerprint density at radius 3 is 1.47 bits per heavy atom. The molecule has 1 saturated heterocycles. The van der Waals surface area contributed by atoms with Gasteiger partial charge in [-0.3, -0.25) is 0 Å². The number of hydrogen-bond donors (Lipinski definition) is 0. The molecule has 1 aliphatic heterocycles. The predicted molar refractivity (Wildman–Crippen MR) is 91.2 cm³/mol. The van der Waals surface area contributed by atoms with Gasteiger partial charge in [0.25, 0.3) is 0 Å². The molecule has 114 valence electrons. The predicted octanol–water partition coefficient (Wildman–Crippen LogP) is 6.97. The summed E-state index contributed by atoms with van der Waals surface area (Å²) in [7, 11) is 0. The summed E-state index contributed by atoms with van der Waals surface area (Å²) in [6.45, 7) is 2.30. The van der Waals surface area contributed by atoms with Gasteiger partial charge >= 0.3 is 0 Å². The number of unbranched alkanes of at least 4 members (excludes halogenated alkanes) is 12. The van der Waals surface area contributed by atoms with Crippen molar-refractivity contribution in [2.24, 2.45) is 0 Å². The average molecular weight is 285 g/mol.